The van der Waals surface area contributed by atoms with Crippen molar-refractivity contribution in [3.8, 4) is 11.5 Å². The number of rotatable bonds is 5. The summed E-state index contributed by atoms with van der Waals surface area (Å²) in [7, 11) is -0.683. The molecule has 1 N–H and O–H groups in total. The van der Waals surface area contributed by atoms with Crippen molar-refractivity contribution in [2.24, 2.45) is 0 Å². The lowest BCUT2D eigenvalue weighted by molar-refractivity contribution is 0.391. The third-order valence-electron chi connectivity index (χ3n) is 2.05. The predicted molar refractivity (Wildman–Crippen MR) is 65.0 cm³/mol. The van der Waals surface area contributed by atoms with Gasteiger partial charge in [0.25, 0.3) is 0 Å². The first kappa shape index (κ1) is 13.8. The largest absolute Gasteiger partial charge is 0.497 e. The lowest BCUT2D eigenvalue weighted by Gasteiger charge is -2.13. The molecule has 0 aliphatic heterocycles. The molecule has 1 rings (SSSR count). The molecule has 5 nitrogen and oxygen atoms in total. The molecule has 1 aromatic rings. The van der Waals surface area contributed by atoms with Crippen LogP contribution in [-0.4, -0.2) is 28.7 Å². The van der Waals surface area contributed by atoms with Gasteiger partial charge in [0.15, 0.2) is 0 Å². The molecule has 96 valence electrons. The average molecular weight is 259 g/mol. The fraction of sp³-hybridized carbons (Fsp3) is 0.455. The minimum atomic E-state index is -3.59. The minimum Gasteiger partial charge on any atom is -0.497 e. The van der Waals surface area contributed by atoms with Gasteiger partial charge in [0, 0.05) is 12.1 Å². The molecule has 0 fully saturated rings. The van der Waals surface area contributed by atoms with Crippen molar-refractivity contribution in [3.05, 3.63) is 18.2 Å². The van der Waals surface area contributed by atoms with Crippen LogP contribution in [0.3, 0.4) is 0 Å². The van der Waals surface area contributed by atoms with Crippen molar-refractivity contribution in [3.63, 3.8) is 0 Å². The van der Waals surface area contributed by atoms with E-state index < -0.39 is 10.0 Å². The number of nitrogens with one attached hydrogen (secondary N) is 1. The molecule has 0 saturated carbocycles. The highest BCUT2D eigenvalue weighted by Gasteiger charge is 2.21. The molecule has 0 aliphatic rings. The van der Waals surface area contributed by atoms with Crippen LogP contribution in [0.2, 0.25) is 0 Å². The Morgan fingerprint density at radius 2 is 1.82 bits per heavy atom. The van der Waals surface area contributed by atoms with Crippen molar-refractivity contribution in [2.75, 3.05) is 14.2 Å². The monoisotopic (exact) mass is 259 g/mol. The summed E-state index contributed by atoms with van der Waals surface area (Å²) in [5, 5.41) is 0. The van der Waals surface area contributed by atoms with Gasteiger partial charge in [-0.15, -0.1) is 0 Å². The van der Waals surface area contributed by atoms with Crippen LogP contribution in [0, 0.1) is 0 Å². The quantitative estimate of drug-likeness (QED) is 0.868. The van der Waals surface area contributed by atoms with Crippen LogP contribution in [-0.2, 0) is 10.0 Å². The molecule has 6 heteroatoms. The molecule has 0 radical (unpaired) electrons. The molecule has 0 saturated heterocycles. The Morgan fingerprint density at radius 3 is 2.29 bits per heavy atom. The lowest BCUT2D eigenvalue weighted by atomic mass is 10.3. The van der Waals surface area contributed by atoms with Crippen LogP contribution in [0.5, 0.6) is 11.5 Å². The number of hydrogen-bond donors (Lipinski definition) is 1. The van der Waals surface area contributed by atoms with E-state index in [1.165, 1.54) is 20.3 Å². The zero-order valence-corrected chi connectivity index (χ0v) is 11.2. The molecule has 0 aromatic heterocycles. The molecule has 0 atom stereocenters. The summed E-state index contributed by atoms with van der Waals surface area (Å²) in [5.41, 5.74) is 0. The van der Waals surface area contributed by atoms with Crippen molar-refractivity contribution < 1.29 is 17.9 Å². The van der Waals surface area contributed by atoms with Crippen LogP contribution in [0.1, 0.15) is 13.8 Å². The second-order valence-electron chi connectivity index (χ2n) is 3.79. The van der Waals surface area contributed by atoms with Gasteiger partial charge in [-0.2, -0.15) is 0 Å². The van der Waals surface area contributed by atoms with Gasteiger partial charge >= 0.3 is 0 Å². The van der Waals surface area contributed by atoms with Crippen molar-refractivity contribution in [1.29, 1.82) is 0 Å². The summed E-state index contributed by atoms with van der Waals surface area (Å²) < 4.78 is 36.6. The van der Waals surface area contributed by atoms with E-state index in [2.05, 4.69) is 4.72 Å². The van der Waals surface area contributed by atoms with Crippen molar-refractivity contribution >= 4 is 10.0 Å². The third kappa shape index (κ3) is 3.34. The number of hydrogen-bond acceptors (Lipinski definition) is 4. The molecular weight excluding hydrogens is 242 g/mol. The van der Waals surface area contributed by atoms with Gasteiger partial charge < -0.3 is 9.47 Å². The number of ether oxygens (including phenoxy) is 2. The second-order valence-corrected chi connectivity index (χ2v) is 5.48. The van der Waals surface area contributed by atoms with E-state index in [1.54, 1.807) is 26.0 Å². The lowest BCUT2D eigenvalue weighted by Crippen LogP contribution is -2.30. The first-order valence-corrected chi connectivity index (χ1v) is 6.63. The average Bonchev–Trinajstić information content (AvgIpc) is 2.26. The molecular formula is C11H17NO4S. The van der Waals surface area contributed by atoms with E-state index >= 15 is 0 Å². The highest BCUT2D eigenvalue weighted by molar-refractivity contribution is 7.89. The van der Waals surface area contributed by atoms with E-state index in [4.69, 9.17) is 9.47 Å². The molecule has 0 spiro atoms. The molecule has 0 amide bonds. The molecule has 0 aliphatic carbocycles. The normalized spacial score (nSPS) is 11.6. The highest BCUT2D eigenvalue weighted by atomic mass is 32.2. The van der Waals surface area contributed by atoms with Crippen LogP contribution in [0.25, 0.3) is 0 Å². The Labute approximate surface area is 102 Å². The van der Waals surface area contributed by atoms with E-state index in [0.717, 1.165) is 0 Å². The summed E-state index contributed by atoms with van der Waals surface area (Å²) in [6.45, 7) is 3.51. The maximum atomic E-state index is 12.0. The fourth-order valence-electron chi connectivity index (χ4n) is 1.37. The Bertz CT molecular complexity index is 482. The molecule has 0 heterocycles. The zero-order chi connectivity index (χ0) is 13.1. The Hall–Kier alpha value is -1.27. The SMILES string of the molecule is COc1ccc(OC)c(S(=O)(=O)NC(C)C)c1. The maximum Gasteiger partial charge on any atom is 0.244 e. The van der Waals surface area contributed by atoms with Crippen molar-refractivity contribution in [2.45, 2.75) is 24.8 Å². The standard InChI is InChI=1S/C11H17NO4S/c1-8(2)12-17(13,14)11-7-9(15-3)5-6-10(11)16-4/h5-8,12H,1-4H3. The van der Waals surface area contributed by atoms with E-state index in [-0.39, 0.29) is 10.9 Å². The van der Waals surface area contributed by atoms with Gasteiger partial charge in [-0.3, -0.25) is 0 Å². The molecule has 1 aromatic carbocycles. The smallest absolute Gasteiger partial charge is 0.244 e. The number of sulfonamides is 1. The summed E-state index contributed by atoms with van der Waals surface area (Å²) in [6.07, 6.45) is 0. The maximum absolute atomic E-state index is 12.0. The summed E-state index contributed by atoms with van der Waals surface area (Å²) in [6, 6.07) is 4.46. The van der Waals surface area contributed by atoms with Crippen LogP contribution >= 0.6 is 0 Å². The van der Waals surface area contributed by atoms with Crippen LogP contribution in [0.15, 0.2) is 23.1 Å². The van der Waals surface area contributed by atoms with Crippen LogP contribution < -0.4 is 14.2 Å². The van der Waals surface area contributed by atoms with E-state index in [9.17, 15) is 8.42 Å². The molecule has 17 heavy (non-hydrogen) atoms. The number of benzene rings is 1. The van der Waals surface area contributed by atoms with Gasteiger partial charge in [-0.1, -0.05) is 0 Å². The minimum absolute atomic E-state index is 0.0769. The number of methoxy groups -OCH3 is 2. The molecule has 0 unspecified atom stereocenters. The molecule has 0 bridgehead atoms. The van der Waals surface area contributed by atoms with Gasteiger partial charge in [-0.25, -0.2) is 13.1 Å². The topological polar surface area (TPSA) is 64.6 Å². The first-order chi connectivity index (χ1) is 7.90. The predicted octanol–water partition coefficient (Wildman–Crippen LogP) is 1.39. The van der Waals surface area contributed by atoms with Gasteiger partial charge in [-0.05, 0) is 26.0 Å². The zero-order valence-electron chi connectivity index (χ0n) is 10.4. The van der Waals surface area contributed by atoms with Gasteiger partial charge in [0.05, 0.1) is 14.2 Å². The summed E-state index contributed by atoms with van der Waals surface area (Å²) in [4.78, 5) is 0.0769. The van der Waals surface area contributed by atoms with Gasteiger partial charge in [0.2, 0.25) is 10.0 Å². The van der Waals surface area contributed by atoms with E-state index in [0.29, 0.717) is 11.5 Å². The van der Waals surface area contributed by atoms with Crippen molar-refractivity contribution in [1.82, 2.24) is 4.72 Å². The highest BCUT2D eigenvalue weighted by Crippen LogP contribution is 2.28. The van der Waals surface area contributed by atoms with Gasteiger partial charge in [0.1, 0.15) is 16.4 Å². The Balaban J connectivity index is 3.27. The third-order valence-corrected chi connectivity index (χ3v) is 3.73. The summed E-state index contributed by atoms with van der Waals surface area (Å²) in [5.74, 6) is 0.758. The second kappa shape index (κ2) is 5.37. The Morgan fingerprint density at radius 1 is 1.18 bits per heavy atom. The Kier molecular flexibility index (Phi) is 4.36. The first-order valence-electron chi connectivity index (χ1n) is 5.15. The van der Waals surface area contributed by atoms with E-state index in [1.807, 2.05) is 0 Å². The fourth-order valence-corrected chi connectivity index (χ4v) is 2.80. The summed E-state index contributed by atoms with van der Waals surface area (Å²) >= 11 is 0. The van der Waals surface area contributed by atoms with Crippen LogP contribution in [0.4, 0.5) is 0 Å².